The quantitative estimate of drug-likeness (QED) is 0.414. The molecule has 4 nitrogen and oxygen atoms in total. The van der Waals surface area contributed by atoms with Crippen molar-refractivity contribution in [3.8, 4) is 11.3 Å². The Morgan fingerprint density at radius 3 is 2.30 bits per heavy atom. The highest BCUT2D eigenvalue weighted by Crippen LogP contribution is 2.26. The van der Waals surface area contributed by atoms with Gasteiger partial charge in [-0.3, -0.25) is 4.79 Å². The second-order valence-corrected chi connectivity index (χ2v) is 7.51. The van der Waals surface area contributed by atoms with E-state index in [4.69, 9.17) is 4.52 Å². The summed E-state index contributed by atoms with van der Waals surface area (Å²) in [6.45, 7) is 4.98. The third-order valence-electron chi connectivity index (χ3n) is 5.09. The molecule has 1 heterocycles. The molecule has 0 radical (unpaired) electrons. The lowest BCUT2D eigenvalue weighted by atomic mass is 10.0. The van der Waals surface area contributed by atoms with E-state index in [2.05, 4.69) is 37.2 Å². The van der Waals surface area contributed by atoms with Gasteiger partial charge in [-0.15, -0.1) is 0 Å². The molecule has 3 aromatic carbocycles. The summed E-state index contributed by atoms with van der Waals surface area (Å²) in [7, 11) is 0. The van der Waals surface area contributed by atoms with E-state index in [1.165, 1.54) is 5.56 Å². The average Bonchev–Trinajstić information content (AvgIpc) is 3.24. The molecule has 0 N–H and O–H groups in total. The molecule has 0 atom stereocenters. The van der Waals surface area contributed by atoms with E-state index in [-0.39, 0.29) is 5.91 Å². The molecule has 4 aromatic rings. The normalized spacial score (nSPS) is 10.7. The van der Waals surface area contributed by atoms with Gasteiger partial charge in [0, 0.05) is 23.7 Å². The van der Waals surface area contributed by atoms with Gasteiger partial charge < -0.3 is 9.42 Å². The van der Waals surface area contributed by atoms with Crippen molar-refractivity contribution in [2.75, 3.05) is 0 Å². The lowest BCUT2D eigenvalue weighted by Crippen LogP contribution is -2.30. The predicted octanol–water partition coefficient (Wildman–Crippen LogP) is 5.80. The van der Waals surface area contributed by atoms with Gasteiger partial charge >= 0.3 is 0 Å². The number of carbonyl (C=O) groups is 1. The molecule has 1 aromatic heterocycles. The summed E-state index contributed by atoms with van der Waals surface area (Å²) in [4.78, 5) is 15.0. The Hall–Kier alpha value is -3.66. The van der Waals surface area contributed by atoms with Crippen LogP contribution in [-0.4, -0.2) is 16.0 Å². The molecule has 4 rings (SSSR count). The molecule has 150 valence electrons. The van der Waals surface area contributed by atoms with E-state index in [1.54, 1.807) is 4.90 Å². The van der Waals surface area contributed by atoms with Crippen LogP contribution in [0.5, 0.6) is 0 Å². The van der Waals surface area contributed by atoms with Gasteiger partial charge in [-0.1, -0.05) is 71.4 Å². The maximum absolute atomic E-state index is 13.2. The van der Waals surface area contributed by atoms with Crippen molar-refractivity contribution in [3.63, 3.8) is 0 Å². The van der Waals surface area contributed by atoms with Crippen LogP contribution in [0.3, 0.4) is 0 Å². The van der Waals surface area contributed by atoms with Crippen molar-refractivity contribution in [2.24, 2.45) is 0 Å². The highest BCUT2D eigenvalue weighted by atomic mass is 16.5. The number of hydrogen-bond donors (Lipinski definition) is 0. The molecule has 0 aliphatic carbocycles. The van der Waals surface area contributed by atoms with Crippen molar-refractivity contribution in [3.05, 3.63) is 113 Å². The van der Waals surface area contributed by atoms with Crippen molar-refractivity contribution in [2.45, 2.75) is 26.9 Å². The lowest BCUT2D eigenvalue weighted by molar-refractivity contribution is 0.0726. The Kier molecular flexibility index (Phi) is 5.75. The first-order valence-corrected chi connectivity index (χ1v) is 10.0. The zero-order chi connectivity index (χ0) is 20.9. The number of rotatable bonds is 6. The summed E-state index contributed by atoms with van der Waals surface area (Å²) in [5, 5.41) is 4.25. The van der Waals surface area contributed by atoms with Gasteiger partial charge in [0.05, 0.1) is 6.54 Å². The smallest absolute Gasteiger partial charge is 0.254 e. The van der Waals surface area contributed by atoms with Crippen LogP contribution in [0.2, 0.25) is 0 Å². The molecule has 0 aliphatic heterocycles. The van der Waals surface area contributed by atoms with Crippen LogP contribution < -0.4 is 0 Å². The van der Waals surface area contributed by atoms with Gasteiger partial charge in [0.2, 0.25) is 0 Å². The van der Waals surface area contributed by atoms with Crippen LogP contribution in [-0.2, 0) is 13.1 Å². The number of aryl methyl sites for hydroxylation is 2. The zero-order valence-electron chi connectivity index (χ0n) is 17.2. The minimum atomic E-state index is -0.0317. The third kappa shape index (κ3) is 4.49. The first kappa shape index (κ1) is 19.6. The summed E-state index contributed by atoms with van der Waals surface area (Å²) in [5.41, 5.74) is 5.78. The molecule has 0 unspecified atom stereocenters. The second-order valence-electron chi connectivity index (χ2n) is 7.51. The van der Waals surface area contributed by atoms with Crippen molar-refractivity contribution in [1.82, 2.24) is 10.1 Å². The number of amides is 1. The Balaban J connectivity index is 1.61. The molecule has 0 saturated carbocycles. The Bertz CT molecular complexity index is 1130. The van der Waals surface area contributed by atoms with Gasteiger partial charge in [-0.25, -0.2) is 0 Å². The number of nitrogens with zero attached hydrogens (tertiary/aromatic N) is 2. The van der Waals surface area contributed by atoms with Crippen LogP contribution in [0, 0.1) is 13.8 Å². The van der Waals surface area contributed by atoms with Gasteiger partial charge in [0.25, 0.3) is 5.91 Å². The molecule has 0 bridgehead atoms. The van der Waals surface area contributed by atoms with Gasteiger partial charge in [0.1, 0.15) is 5.69 Å². The standard InChI is InChI=1S/C26H24N2O2/c1-19-13-14-20(2)24(15-19)25-16-23(27-30-25)18-28(17-21-9-5-3-6-10-21)26(29)22-11-7-4-8-12-22/h3-16H,17-18H2,1-2H3. The number of carbonyl (C=O) groups excluding carboxylic acids is 1. The molecule has 0 aliphatic rings. The van der Waals surface area contributed by atoms with Crippen molar-refractivity contribution >= 4 is 5.91 Å². The fourth-order valence-electron chi connectivity index (χ4n) is 3.48. The minimum absolute atomic E-state index is 0.0317. The molecule has 4 heteroatoms. The summed E-state index contributed by atoms with van der Waals surface area (Å²) >= 11 is 0. The summed E-state index contributed by atoms with van der Waals surface area (Å²) < 4.78 is 5.64. The third-order valence-corrected chi connectivity index (χ3v) is 5.09. The Labute approximate surface area is 176 Å². The van der Waals surface area contributed by atoms with Gasteiger partial charge in [-0.2, -0.15) is 0 Å². The molecule has 0 saturated heterocycles. The van der Waals surface area contributed by atoms with E-state index in [0.717, 1.165) is 28.1 Å². The van der Waals surface area contributed by atoms with Crippen LogP contribution in [0.25, 0.3) is 11.3 Å². The van der Waals surface area contributed by atoms with E-state index in [0.29, 0.717) is 18.7 Å². The average molecular weight is 396 g/mol. The van der Waals surface area contributed by atoms with Gasteiger partial charge in [-0.05, 0) is 43.2 Å². The highest BCUT2D eigenvalue weighted by molar-refractivity contribution is 5.94. The predicted molar refractivity (Wildman–Crippen MR) is 118 cm³/mol. The summed E-state index contributed by atoms with van der Waals surface area (Å²) in [6.07, 6.45) is 0. The molecular formula is C26H24N2O2. The Morgan fingerprint density at radius 2 is 1.57 bits per heavy atom. The van der Waals surface area contributed by atoms with Crippen molar-refractivity contribution < 1.29 is 9.32 Å². The summed E-state index contributed by atoms with van der Waals surface area (Å²) in [5.74, 6) is 0.689. The van der Waals surface area contributed by atoms with Crippen LogP contribution >= 0.6 is 0 Å². The SMILES string of the molecule is Cc1ccc(C)c(-c2cc(CN(Cc3ccccc3)C(=O)c3ccccc3)no2)c1. The van der Waals surface area contributed by atoms with E-state index < -0.39 is 0 Å². The van der Waals surface area contributed by atoms with E-state index in [9.17, 15) is 4.79 Å². The first-order valence-electron chi connectivity index (χ1n) is 10.0. The van der Waals surface area contributed by atoms with Gasteiger partial charge in [0.15, 0.2) is 5.76 Å². The van der Waals surface area contributed by atoms with Crippen molar-refractivity contribution in [1.29, 1.82) is 0 Å². The largest absolute Gasteiger partial charge is 0.356 e. The molecule has 1 amide bonds. The van der Waals surface area contributed by atoms with Crippen LogP contribution in [0.1, 0.15) is 32.7 Å². The van der Waals surface area contributed by atoms with Crippen LogP contribution in [0.15, 0.2) is 89.5 Å². The number of hydrogen-bond acceptors (Lipinski definition) is 3. The molecule has 0 spiro atoms. The fourth-order valence-corrected chi connectivity index (χ4v) is 3.48. The number of aromatic nitrogens is 1. The summed E-state index contributed by atoms with van der Waals surface area (Å²) in [6, 6.07) is 27.5. The minimum Gasteiger partial charge on any atom is -0.356 e. The Morgan fingerprint density at radius 1 is 0.867 bits per heavy atom. The van der Waals surface area contributed by atoms with Crippen LogP contribution in [0.4, 0.5) is 0 Å². The maximum Gasteiger partial charge on any atom is 0.254 e. The topological polar surface area (TPSA) is 46.3 Å². The highest BCUT2D eigenvalue weighted by Gasteiger charge is 2.19. The second kappa shape index (κ2) is 8.78. The first-order chi connectivity index (χ1) is 14.6. The lowest BCUT2D eigenvalue weighted by Gasteiger charge is -2.22. The molecular weight excluding hydrogens is 372 g/mol. The van der Waals surface area contributed by atoms with E-state index >= 15 is 0 Å². The maximum atomic E-state index is 13.2. The molecule has 30 heavy (non-hydrogen) atoms. The fraction of sp³-hybridized carbons (Fsp3) is 0.154. The molecule has 0 fully saturated rings. The zero-order valence-corrected chi connectivity index (χ0v) is 17.2. The monoisotopic (exact) mass is 396 g/mol. The number of benzene rings is 3. The van der Waals surface area contributed by atoms with E-state index in [1.807, 2.05) is 66.7 Å².